The fourth-order valence-electron chi connectivity index (χ4n) is 3.33. The van der Waals surface area contributed by atoms with Gasteiger partial charge in [0.05, 0.1) is 18.4 Å². The van der Waals surface area contributed by atoms with Crippen LogP contribution in [-0.4, -0.2) is 36.1 Å². The molecule has 0 aliphatic carbocycles. The second-order valence-corrected chi connectivity index (χ2v) is 7.21. The summed E-state index contributed by atoms with van der Waals surface area (Å²) in [7, 11) is 1.46. The molecule has 0 N–H and O–H groups in total. The van der Waals surface area contributed by atoms with E-state index < -0.39 is 0 Å². The van der Waals surface area contributed by atoms with Gasteiger partial charge in [0.15, 0.2) is 0 Å². The van der Waals surface area contributed by atoms with E-state index >= 15 is 0 Å². The SMILES string of the molecule is COC(=O)C1CCN(c2ncnc3sc(-c4ccccc4)cc23)CC1. The summed E-state index contributed by atoms with van der Waals surface area (Å²) in [6, 6.07) is 12.5. The summed E-state index contributed by atoms with van der Waals surface area (Å²) < 4.78 is 4.87. The fraction of sp³-hybridized carbons (Fsp3) is 0.316. The van der Waals surface area contributed by atoms with Gasteiger partial charge in [0.1, 0.15) is 17.0 Å². The number of benzene rings is 1. The Labute approximate surface area is 150 Å². The molecule has 0 radical (unpaired) electrons. The maximum absolute atomic E-state index is 11.7. The molecule has 1 aliphatic heterocycles. The van der Waals surface area contributed by atoms with Crippen molar-refractivity contribution in [3.63, 3.8) is 0 Å². The second-order valence-electron chi connectivity index (χ2n) is 6.18. The zero-order chi connectivity index (χ0) is 17.2. The van der Waals surface area contributed by atoms with Crippen LogP contribution in [0.3, 0.4) is 0 Å². The van der Waals surface area contributed by atoms with E-state index in [1.807, 2.05) is 18.2 Å². The summed E-state index contributed by atoms with van der Waals surface area (Å²) in [5, 5.41) is 1.09. The molecule has 0 spiro atoms. The van der Waals surface area contributed by atoms with Crippen LogP contribution in [0.5, 0.6) is 0 Å². The summed E-state index contributed by atoms with van der Waals surface area (Å²) in [6.07, 6.45) is 3.23. The number of rotatable bonds is 3. The van der Waals surface area contributed by atoms with Gasteiger partial charge in [0.25, 0.3) is 0 Å². The van der Waals surface area contributed by atoms with E-state index in [0.29, 0.717) is 0 Å². The summed E-state index contributed by atoms with van der Waals surface area (Å²) in [5.74, 6) is 0.863. The van der Waals surface area contributed by atoms with Gasteiger partial charge in [-0.1, -0.05) is 30.3 Å². The van der Waals surface area contributed by atoms with Crippen molar-refractivity contribution in [1.82, 2.24) is 9.97 Å². The van der Waals surface area contributed by atoms with Crippen LogP contribution in [0.2, 0.25) is 0 Å². The number of nitrogens with zero attached hydrogens (tertiary/aromatic N) is 3. The van der Waals surface area contributed by atoms with Crippen LogP contribution >= 0.6 is 11.3 Å². The highest BCUT2D eigenvalue weighted by atomic mass is 32.1. The van der Waals surface area contributed by atoms with E-state index in [1.165, 1.54) is 17.6 Å². The Morgan fingerprint density at radius 2 is 1.96 bits per heavy atom. The molecule has 128 valence electrons. The Hall–Kier alpha value is -2.47. The first-order chi connectivity index (χ1) is 12.3. The van der Waals surface area contributed by atoms with Gasteiger partial charge in [0, 0.05) is 18.0 Å². The van der Waals surface area contributed by atoms with E-state index in [1.54, 1.807) is 17.7 Å². The molecule has 0 saturated carbocycles. The minimum absolute atomic E-state index is 0.000863. The Balaban J connectivity index is 1.63. The molecule has 0 amide bonds. The number of aromatic nitrogens is 2. The van der Waals surface area contributed by atoms with Gasteiger partial charge in [-0.15, -0.1) is 11.3 Å². The maximum atomic E-state index is 11.7. The highest BCUT2D eigenvalue weighted by Crippen LogP contribution is 2.37. The van der Waals surface area contributed by atoms with Crippen molar-refractivity contribution in [2.45, 2.75) is 12.8 Å². The standard InChI is InChI=1S/C19H19N3O2S/c1-24-19(23)14-7-9-22(10-8-14)17-15-11-16(13-5-3-2-4-6-13)25-18(15)21-12-20-17/h2-6,11-12,14H,7-10H2,1H3. The minimum atomic E-state index is -0.102. The van der Waals surface area contributed by atoms with Gasteiger partial charge >= 0.3 is 5.97 Å². The molecular weight excluding hydrogens is 334 g/mol. The van der Waals surface area contributed by atoms with Crippen LogP contribution in [0.25, 0.3) is 20.7 Å². The van der Waals surface area contributed by atoms with Crippen LogP contribution in [0, 0.1) is 5.92 Å². The van der Waals surface area contributed by atoms with E-state index in [2.05, 4.69) is 33.1 Å². The maximum Gasteiger partial charge on any atom is 0.308 e. The first-order valence-corrected chi connectivity index (χ1v) is 9.20. The number of thiophene rings is 1. The molecule has 3 aromatic rings. The molecule has 0 bridgehead atoms. The number of carbonyl (C=O) groups is 1. The molecular formula is C19H19N3O2S. The summed E-state index contributed by atoms with van der Waals surface area (Å²) in [6.45, 7) is 1.62. The number of anilines is 1. The molecule has 1 fully saturated rings. The predicted molar refractivity (Wildman–Crippen MR) is 99.8 cm³/mol. The zero-order valence-corrected chi connectivity index (χ0v) is 14.8. The lowest BCUT2D eigenvalue weighted by Gasteiger charge is -2.31. The van der Waals surface area contributed by atoms with Crippen molar-refractivity contribution in [3.8, 4) is 10.4 Å². The molecule has 0 unspecified atom stereocenters. The number of hydrogen-bond acceptors (Lipinski definition) is 6. The molecule has 5 nitrogen and oxygen atoms in total. The van der Waals surface area contributed by atoms with Crippen molar-refractivity contribution in [3.05, 3.63) is 42.7 Å². The summed E-state index contributed by atoms with van der Waals surface area (Å²) in [5.41, 5.74) is 1.20. The Kier molecular flexibility index (Phi) is 4.36. The number of hydrogen-bond donors (Lipinski definition) is 0. The van der Waals surface area contributed by atoms with E-state index in [9.17, 15) is 4.79 Å². The second kappa shape index (κ2) is 6.80. The van der Waals surface area contributed by atoms with Gasteiger partial charge < -0.3 is 9.64 Å². The molecule has 25 heavy (non-hydrogen) atoms. The van der Waals surface area contributed by atoms with E-state index in [0.717, 1.165) is 42.0 Å². The Bertz CT molecular complexity index is 886. The van der Waals surface area contributed by atoms with Crippen LogP contribution in [0.1, 0.15) is 12.8 Å². The number of carbonyl (C=O) groups excluding carboxylic acids is 1. The summed E-state index contributed by atoms with van der Waals surface area (Å²) in [4.78, 5) is 25.1. The molecule has 1 saturated heterocycles. The third-order valence-electron chi connectivity index (χ3n) is 4.70. The minimum Gasteiger partial charge on any atom is -0.469 e. The first kappa shape index (κ1) is 16.0. The molecule has 4 rings (SSSR count). The van der Waals surface area contributed by atoms with E-state index in [-0.39, 0.29) is 11.9 Å². The zero-order valence-electron chi connectivity index (χ0n) is 14.0. The molecule has 6 heteroatoms. The lowest BCUT2D eigenvalue weighted by molar-refractivity contribution is -0.146. The van der Waals surface area contributed by atoms with Crippen LogP contribution < -0.4 is 4.90 Å². The molecule has 1 aliphatic rings. The van der Waals surface area contributed by atoms with Crippen LogP contribution in [0.4, 0.5) is 5.82 Å². The highest BCUT2D eigenvalue weighted by molar-refractivity contribution is 7.21. The Morgan fingerprint density at radius 1 is 1.20 bits per heavy atom. The van der Waals surface area contributed by atoms with Crippen molar-refractivity contribution in [2.24, 2.45) is 5.92 Å². The monoisotopic (exact) mass is 353 g/mol. The average molecular weight is 353 g/mol. The highest BCUT2D eigenvalue weighted by Gasteiger charge is 2.27. The third-order valence-corrected chi connectivity index (χ3v) is 5.79. The number of piperidine rings is 1. The normalized spacial score (nSPS) is 15.5. The van der Waals surface area contributed by atoms with E-state index in [4.69, 9.17) is 4.74 Å². The fourth-order valence-corrected chi connectivity index (χ4v) is 4.33. The predicted octanol–water partition coefficient (Wildman–Crippen LogP) is 3.75. The first-order valence-electron chi connectivity index (χ1n) is 8.39. The number of fused-ring (bicyclic) bond motifs is 1. The largest absolute Gasteiger partial charge is 0.469 e. The van der Waals surface area contributed by atoms with Gasteiger partial charge in [0.2, 0.25) is 0 Å². The van der Waals surface area contributed by atoms with Crippen molar-refractivity contribution >= 4 is 33.3 Å². The lowest BCUT2D eigenvalue weighted by atomic mass is 9.97. The topological polar surface area (TPSA) is 55.3 Å². The molecule has 1 aromatic carbocycles. The van der Waals surface area contributed by atoms with Crippen molar-refractivity contribution < 1.29 is 9.53 Å². The quantitative estimate of drug-likeness (QED) is 0.671. The smallest absolute Gasteiger partial charge is 0.308 e. The number of ether oxygens (including phenoxy) is 1. The van der Waals surface area contributed by atoms with Crippen LogP contribution in [-0.2, 0) is 9.53 Å². The number of esters is 1. The molecule has 3 heterocycles. The van der Waals surface area contributed by atoms with Gasteiger partial charge in [-0.2, -0.15) is 0 Å². The number of methoxy groups -OCH3 is 1. The van der Waals surface area contributed by atoms with Crippen molar-refractivity contribution in [2.75, 3.05) is 25.1 Å². The third kappa shape index (κ3) is 3.09. The lowest BCUT2D eigenvalue weighted by Crippen LogP contribution is -2.37. The van der Waals surface area contributed by atoms with Gasteiger partial charge in [-0.05, 0) is 24.5 Å². The average Bonchev–Trinajstić information content (AvgIpc) is 3.12. The summed E-state index contributed by atoms with van der Waals surface area (Å²) >= 11 is 1.69. The van der Waals surface area contributed by atoms with Gasteiger partial charge in [-0.25, -0.2) is 9.97 Å². The Morgan fingerprint density at radius 3 is 2.68 bits per heavy atom. The van der Waals surface area contributed by atoms with Gasteiger partial charge in [-0.3, -0.25) is 4.79 Å². The molecule has 0 atom stereocenters. The van der Waals surface area contributed by atoms with Crippen LogP contribution in [0.15, 0.2) is 42.7 Å². The molecule has 2 aromatic heterocycles. The van der Waals surface area contributed by atoms with Crippen molar-refractivity contribution in [1.29, 1.82) is 0 Å².